The van der Waals surface area contributed by atoms with E-state index in [1.807, 2.05) is 31.2 Å². The molecule has 10 heteroatoms. The van der Waals surface area contributed by atoms with Crippen LogP contribution in [0.3, 0.4) is 0 Å². The molecular weight excluding hydrogens is 495 g/mol. The zero-order chi connectivity index (χ0) is 24.9. The van der Waals surface area contributed by atoms with E-state index >= 15 is 0 Å². The number of ether oxygens (including phenoxy) is 2. The first kappa shape index (κ1) is 24.1. The third-order valence-corrected chi connectivity index (χ3v) is 5.27. The number of nitro benzene ring substituents is 1. The number of carbonyl (C=O) groups excluding carboxylic acids is 1. The van der Waals surface area contributed by atoms with Gasteiger partial charge in [0, 0.05) is 17.2 Å². The van der Waals surface area contributed by atoms with Gasteiger partial charge in [-0.2, -0.15) is 0 Å². The van der Waals surface area contributed by atoms with Crippen LogP contribution < -0.4 is 14.8 Å². The molecule has 0 aliphatic carbocycles. The summed E-state index contributed by atoms with van der Waals surface area (Å²) in [4.78, 5) is 23.5. The lowest BCUT2D eigenvalue weighted by molar-refractivity contribution is -0.384. The molecule has 4 rings (SSSR count). The van der Waals surface area contributed by atoms with Gasteiger partial charge >= 0.3 is 0 Å². The van der Waals surface area contributed by atoms with E-state index in [-0.39, 0.29) is 40.3 Å². The lowest BCUT2D eigenvalue weighted by Gasteiger charge is -2.10. The zero-order valence-electron chi connectivity index (χ0n) is 18.3. The molecule has 4 aromatic rings. The standard InChI is InChI=1S/C25H18Cl2N2O6/c1-15-3-2-4-19(9-15)33-14-20-6-8-24(34-20)25(30)28-17-11-18(29(31)32)13-21(12-17)35-23-7-5-16(26)10-22(23)27/h2-13H,14H2,1H3,(H,28,30). The van der Waals surface area contributed by atoms with Gasteiger partial charge in [0.25, 0.3) is 11.6 Å². The second-order valence-electron chi connectivity index (χ2n) is 7.47. The van der Waals surface area contributed by atoms with Crippen molar-refractivity contribution in [3.63, 3.8) is 0 Å². The molecule has 0 atom stereocenters. The Labute approximate surface area is 210 Å². The number of nitro groups is 1. The lowest BCUT2D eigenvalue weighted by Crippen LogP contribution is -2.11. The number of aryl methyl sites for hydroxylation is 1. The van der Waals surface area contributed by atoms with Crippen molar-refractivity contribution in [2.24, 2.45) is 0 Å². The van der Waals surface area contributed by atoms with Crippen LogP contribution in [-0.2, 0) is 6.61 Å². The number of anilines is 1. The Hall–Kier alpha value is -4.01. The van der Waals surface area contributed by atoms with Crippen molar-refractivity contribution in [2.45, 2.75) is 13.5 Å². The summed E-state index contributed by atoms with van der Waals surface area (Å²) >= 11 is 12.0. The van der Waals surface area contributed by atoms with E-state index in [0.29, 0.717) is 16.5 Å². The predicted molar refractivity (Wildman–Crippen MR) is 132 cm³/mol. The molecule has 0 aliphatic heterocycles. The minimum Gasteiger partial charge on any atom is -0.486 e. The molecule has 1 N–H and O–H groups in total. The largest absolute Gasteiger partial charge is 0.486 e. The highest BCUT2D eigenvalue weighted by Gasteiger charge is 2.17. The fourth-order valence-electron chi connectivity index (χ4n) is 3.13. The first-order chi connectivity index (χ1) is 16.8. The van der Waals surface area contributed by atoms with Gasteiger partial charge < -0.3 is 19.2 Å². The van der Waals surface area contributed by atoms with E-state index < -0.39 is 10.8 Å². The fraction of sp³-hybridized carbons (Fsp3) is 0.0800. The van der Waals surface area contributed by atoms with Gasteiger partial charge in [-0.3, -0.25) is 14.9 Å². The van der Waals surface area contributed by atoms with E-state index in [4.69, 9.17) is 37.1 Å². The Morgan fingerprint density at radius 1 is 1.03 bits per heavy atom. The van der Waals surface area contributed by atoms with Crippen molar-refractivity contribution in [3.8, 4) is 17.2 Å². The third-order valence-electron chi connectivity index (χ3n) is 4.74. The highest BCUT2D eigenvalue weighted by molar-refractivity contribution is 6.35. The van der Waals surface area contributed by atoms with E-state index in [1.54, 1.807) is 12.1 Å². The van der Waals surface area contributed by atoms with Gasteiger partial charge in [0.15, 0.2) is 5.76 Å². The molecule has 8 nitrogen and oxygen atoms in total. The first-order valence-corrected chi connectivity index (χ1v) is 11.0. The summed E-state index contributed by atoms with van der Waals surface area (Å²) in [6.07, 6.45) is 0. The summed E-state index contributed by atoms with van der Waals surface area (Å²) in [6, 6.07) is 19.1. The molecule has 1 heterocycles. The molecule has 0 saturated heterocycles. The third kappa shape index (κ3) is 6.32. The van der Waals surface area contributed by atoms with E-state index in [2.05, 4.69) is 5.32 Å². The number of carbonyl (C=O) groups is 1. The monoisotopic (exact) mass is 512 g/mol. The van der Waals surface area contributed by atoms with Crippen LogP contribution in [0.4, 0.5) is 11.4 Å². The summed E-state index contributed by atoms with van der Waals surface area (Å²) in [6.45, 7) is 2.09. The van der Waals surface area contributed by atoms with E-state index in [1.165, 1.54) is 36.4 Å². The highest BCUT2D eigenvalue weighted by atomic mass is 35.5. The number of benzene rings is 3. The predicted octanol–water partition coefficient (Wildman–Crippen LogP) is 7.43. The van der Waals surface area contributed by atoms with Gasteiger partial charge in [-0.05, 0) is 55.0 Å². The second-order valence-corrected chi connectivity index (χ2v) is 8.32. The fourth-order valence-corrected chi connectivity index (χ4v) is 3.58. The summed E-state index contributed by atoms with van der Waals surface area (Å²) in [5.41, 5.74) is 0.911. The molecule has 178 valence electrons. The van der Waals surface area contributed by atoms with Crippen LogP contribution in [0.25, 0.3) is 0 Å². The number of hydrogen-bond donors (Lipinski definition) is 1. The smallest absolute Gasteiger partial charge is 0.291 e. The normalized spacial score (nSPS) is 10.6. The minimum absolute atomic E-state index is 0.0163. The number of rotatable bonds is 8. The number of non-ortho nitro benzene ring substituents is 1. The Morgan fingerprint density at radius 3 is 2.60 bits per heavy atom. The number of nitrogens with one attached hydrogen (secondary N) is 1. The molecule has 0 aliphatic rings. The van der Waals surface area contributed by atoms with Gasteiger partial charge in [-0.15, -0.1) is 0 Å². The number of halogens is 2. The average molecular weight is 513 g/mol. The van der Waals surface area contributed by atoms with Crippen LogP contribution in [0.5, 0.6) is 17.2 Å². The quantitative estimate of drug-likeness (QED) is 0.194. The Morgan fingerprint density at radius 2 is 1.86 bits per heavy atom. The second kappa shape index (κ2) is 10.5. The van der Waals surface area contributed by atoms with Gasteiger partial charge in [0.2, 0.25) is 0 Å². The maximum atomic E-state index is 12.7. The van der Waals surface area contributed by atoms with Gasteiger partial charge in [-0.25, -0.2) is 0 Å². The average Bonchev–Trinajstić information content (AvgIpc) is 3.29. The molecule has 1 amide bonds. The summed E-state index contributed by atoms with van der Waals surface area (Å²) in [7, 11) is 0. The molecule has 0 unspecified atom stereocenters. The molecule has 1 aromatic heterocycles. The molecule has 0 bridgehead atoms. The van der Waals surface area contributed by atoms with Gasteiger partial charge in [0.05, 0.1) is 21.7 Å². The maximum absolute atomic E-state index is 12.7. The van der Waals surface area contributed by atoms with Crippen molar-refractivity contribution >= 4 is 40.5 Å². The summed E-state index contributed by atoms with van der Waals surface area (Å²) in [5.74, 6) is 0.892. The Kier molecular flexibility index (Phi) is 7.24. The van der Waals surface area contributed by atoms with Crippen LogP contribution in [0.1, 0.15) is 21.9 Å². The number of nitrogens with zero attached hydrogens (tertiary/aromatic N) is 1. The van der Waals surface area contributed by atoms with Crippen molar-refractivity contribution in [1.82, 2.24) is 0 Å². The Balaban J connectivity index is 1.48. The molecule has 0 fully saturated rings. The highest BCUT2D eigenvalue weighted by Crippen LogP contribution is 2.34. The van der Waals surface area contributed by atoms with Crippen LogP contribution in [-0.4, -0.2) is 10.8 Å². The van der Waals surface area contributed by atoms with Crippen LogP contribution in [0.15, 0.2) is 77.2 Å². The summed E-state index contributed by atoms with van der Waals surface area (Å²) < 4.78 is 16.9. The molecule has 35 heavy (non-hydrogen) atoms. The van der Waals surface area contributed by atoms with E-state index in [9.17, 15) is 14.9 Å². The molecule has 0 radical (unpaired) electrons. The van der Waals surface area contributed by atoms with E-state index in [0.717, 1.165) is 5.56 Å². The molecule has 0 spiro atoms. The van der Waals surface area contributed by atoms with Crippen molar-refractivity contribution in [3.05, 3.63) is 110 Å². The summed E-state index contributed by atoms with van der Waals surface area (Å²) in [5, 5.41) is 14.6. The molecule has 0 saturated carbocycles. The van der Waals surface area contributed by atoms with Crippen molar-refractivity contribution < 1.29 is 23.6 Å². The first-order valence-electron chi connectivity index (χ1n) is 10.3. The Bertz CT molecular complexity index is 1400. The zero-order valence-corrected chi connectivity index (χ0v) is 19.8. The topological polar surface area (TPSA) is 104 Å². The number of furan rings is 1. The number of hydrogen-bond acceptors (Lipinski definition) is 6. The molecular formula is C25H18Cl2N2O6. The van der Waals surface area contributed by atoms with Crippen molar-refractivity contribution in [1.29, 1.82) is 0 Å². The minimum atomic E-state index is -0.598. The van der Waals surface area contributed by atoms with Gasteiger partial charge in [-0.1, -0.05) is 35.3 Å². The number of amides is 1. The van der Waals surface area contributed by atoms with Crippen molar-refractivity contribution in [2.75, 3.05) is 5.32 Å². The van der Waals surface area contributed by atoms with Crippen LogP contribution >= 0.6 is 23.2 Å². The lowest BCUT2D eigenvalue weighted by atomic mass is 10.2. The maximum Gasteiger partial charge on any atom is 0.291 e. The molecule has 3 aromatic carbocycles. The SMILES string of the molecule is Cc1cccc(OCc2ccc(C(=O)Nc3cc(Oc4ccc(Cl)cc4Cl)cc([N+](=O)[O-])c3)o2)c1. The van der Waals surface area contributed by atoms with Gasteiger partial charge in [0.1, 0.15) is 29.6 Å². The van der Waals surface area contributed by atoms with Crippen LogP contribution in [0.2, 0.25) is 10.0 Å². The van der Waals surface area contributed by atoms with Crippen LogP contribution in [0, 0.1) is 17.0 Å².